The average Bonchev–Trinajstić information content (AvgIpc) is 2.55. The SMILES string of the molecule is CCOCCOc1cc(C(F)(F)F)cc(N(N)C(=C[N+](=O)[O-])NS(C)(=O)=O)n1. The standard InChI is InChI=1S/C13H18F3N5O6S/c1-3-26-4-5-27-12-7-9(13(14,15)16)6-10(18-12)21(17)11(8-20(22)23)19-28(2,24)25/h6-8,19H,3-5,17H2,1-2H3. The van der Waals surface area contributed by atoms with Gasteiger partial charge in [-0.25, -0.2) is 19.3 Å². The van der Waals surface area contributed by atoms with Crippen LogP contribution in [0.25, 0.3) is 0 Å². The predicted octanol–water partition coefficient (Wildman–Crippen LogP) is 0.821. The molecule has 158 valence electrons. The fourth-order valence-corrected chi connectivity index (χ4v) is 2.28. The van der Waals surface area contributed by atoms with E-state index in [9.17, 15) is 31.7 Å². The molecule has 28 heavy (non-hydrogen) atoms. The van der Waals surface area contributed by atoms with Crippen LogP contribution in [0.2, 0.25) is 0 Å². The van der Waals surface area contributed by atoms with E-state index in [1.807, 2.05) is 0 Å². The lowest BCUT2D eigenvalue weighted by molar-refractivity contribution is -0.403. The van der Waals surface area contributed by atoms with Crippen LogP contribution in [0, 0.1) is 10.1 Å². The topological polar surface area (TPSA) is 150 Å². The molecule has 15 heteroatoms. The molecule has 0 aliphatic carbocycles. The monoisotopic (exact) mass is 429 g/mol. The Labute approximate surface area is 158 Å². The Kier molecular flexibility index (Phi) is 7.95. The number of halogens is 3. The first-order valence-corrected chi connectivity index (χ1v) is 9.40. The Hall–Kier alpha value is -2.65. The molecule has 3 N–H and O–H groups in total. The second-order valence-corrected chi connectivity index (χ2v) is 6.89. The van der Waals surface area contributed by atoms with Gasteiger partial charge in [-0.1, -0.05) is 0 Å². The van der Waals surface area contributed by atoms with Gasteiger partial charge in [0, 0.05) is 12.7 Å². The molecule has 0 aliphatic rings. The third-order valence-corrected chi connectivity index (χ3v) is 3.40. The molecule has 0 fully saturated rings. The first-order chi connectivity index (χ1) is 12.8. The lowest BCUT2D eigenvalue weighted by Crippen LogP contribution is -2.40. The van der Waals surface area contributed by atoms with Crippen LogP contribution in [0.3, 0.4) is 0 Å². The largest absolute Gasteiger partial charge is 0.475 e. The highest BCUT2D eigenvalue weighted by Crippen LogP contribution is 2.33. The number of sulfonamides is 1. The number of pyridine rings is 1. The van der Waals surface area contributed by atoms with E-state index in [1.165, 1.54) is 0 Å². The smallest absolute Gasteiger partial charge is 0.416 e. The summed E-state index contributed by atoms with van der Waals surface area (Å²) >= 11 is 0. The number of aromatic nitrogens is 1. The van der Waals surface area contributed by atoms with Crippen molar-refractivity contribution in [2.45, 2.75) is 13.1 Å². The normalized spacial score (nSPS) is 12.6. The molecule has 0 saturated carbocycles. The number of ether oxygens (including phenoxy) is 2. The number of hydrazine groups is 1. The Balaban J connectivity index is 3.32. The maximum Gasteiger partial charge on any atom is 0.416 e. The van der Waals surface area contributed by atoms with Gasteiger partial charge in [0.15, 0.2) is 5.82 Å². The molecule has 0 aromatic carbocycles. The van der Waals surface area contributed by atoms with Crippen LogP contribution >= 0.6 is 0 Å². The molecule has 1 aromatic heterocycles. The summed E-state index contributed by atoms with van der Waals surface area (Å²) < 4.78 is 73.9. The predicted molar refractivity (Wildman–Crippen MR) is 91.0 cm³/mol. The van der Waals surface area contributed by atoms with E-state index in [0.29, 0.717) is 25.0 Å². The summed E-state index contributed by atoms with van der Waals surface area (Å²) in [4.78, 5) is 13.4. The van der Waals surface area contributed by atoms with Gasteiger partial charge in [0.25, 0.3) is 6.20 Å². The van der Waals surface area contributed by atoms with Crippen molar-refractivity contribution in [3.8, 4) is 5.88 Å². The minimum atomic E-state index is -4.81. The Morgan fingerprint density at radius 2 is 2.07 bits per heavy atom. The number of rotatable bonds is 10. The van der Waals surface area contributed by atoms with Crippen molar-refractivity contribution >= 4 is 15.8 Å². The zero-order valence-electron chi connectivity index (χ0n) is 14.8. The minimum absolute atomic E-state index is 0.0816. The number of hydrogen-bond donors (Lipinski definition) is 2. The fourth-order valence-electron chi connectivity index (χ4n) is 1.75. The zero-order valence-corrected chi connectivity index (χ0v) is 15.6. The van der Waals surface area contributed by atoms with Gasteiger partial charge in [-0.3, -0.25) is 14.8 Å². The highest BCUT2D eigenvalue weighted by Gasteiger charge is 2.33. The van der Waals surface area contributed by atoms with E-state index in [-0.39, 0.29) is 24.4 Å². The summed E-state index contributed by atoms with van der Waals surface area (Å²) in [5.41, 5.74) is -1.21. The van der Waals surface area contributed by atoms with E-state index in [0.717, 1.165) is 0 Å². The molecule has 11 nitrogen and oxygen atoms in total. The maximum atomic E-state index is 13.1. The van der Waals surface area contributed by atoms with E-state index in [1.54, 1.807) is 11.6 Å². The molecule has 0 bridgehead atoms. The molecule has 0 saturated heterocycles. The third-order valence-electron chi connectivity index (χ3n) is 2.82. The highest BCUT2D eigenvalue weighted by molar-refractivity contribution is 7.88. The Morgan fingerprint density at radius 3 is 2.57 bits per heavy atom. The van der Waals surface area contributed by atoms with Gasteiger partial charge in [-0.05, 0) is 13.0 Å². The Bertz CT molecular complexity index is 830. The van der Waals surface area contributed by atoms with Crippen LogP contribution in [-0.4, -0.2) is 44.4 Å². The molecule has 0 amide bonds. The third kappa shape index (κ3) is 7.93. The van der Waals surface area contributed by atoms with Crippen molar-refractivity contribution in [1.82, 2.24) is 9.71 Å². The second kappa shape index (κ2) is 9.52. The van der Waals surface area contributed by atoms with E-state index in [4.69, 9.17) is 15.3 Å². The number of hydrogen-bond acceptors (Lipinski definition) is 9. The van der Waals surface area contributed by atoms with Gasteiger partial charge >= 0.3 is 6.18 Å². The van der Waals surface area contributed by atoms with Gasteiger partial charge in [-0.15, -0.1) is 0 Å². The average molecular weight is 429 g/mol. The van der Waals surface area contributed by atoms with Crippen LogP contribution in [0.15, 0.2) is 24.2 Å². The van der Waals surface area contributed by atoms with E-state index < -0.39 is 44.2 Å². The quantitative estimate of drug-likeness (QED) is 0.238. The summed E-state index contributed by atoms with van der Waals surface area (Å²) in [5, 5.41) is 11.0. The summed E-state index contributed by atoms with van der Waals surface area (Å²) in [6.45, 7) is 2.04. The zero-order chi connectivity index (χ0) is 21.5. The minimum Gasteiger partial charge on any atom is -0.475 e. The lowest BCUT2D eigenvalue weighted by Gasteiger charge is -2.21. The van der Waals surface area contributed by atoms with Gasteiger partial charge in [0.05, 0.1) is 23.3 Å². The van der Waals surface area contributed by atoms with Gasteiger partial charge in [-0.2, -0.15) is 18.2 Å². The van der Waals surface area contributed by atoms with Crippen LogP contribution < -0.4 is 20.3 Å². The van der Waals surface area contributed by atoms with Crippen molar-refractivity contribution in [3.63, 3.8) is 0 Å². The van der Waals surface area contributed by atoms with Crippen LogP contribution in [0.5, 0.6) is 5.88 Å². The number of nitrogens with zero attached hydrogens (tertiary/aromatic N) is 3. The summed E-state index contributed by atoms with van der Waals surface area (Å²) in [5.74, 6) is 3.61. The van der Waals surface area contributed by atoms with Gasteiger partial charge in [0.1, 0.15) is 6.61 Å². The molecule has 0 atom stereocenters. The number of nitrogens with two attached hydrogens (primary N) is 1. The van der Waals surface area contributed by atoms with Crippen LogP contribution in [0.4, 0.5) is 19.0 Å². The molecule has 0 aliphatic heterocycles. The Morgan fingerprint density at radius 1 is 1.43 bits per heavy atom. The summed E-state index contributed by atoms with van der Waals surface area (Å²) in [7, 11) is -4.03. The van der Waals surface area contributed by atoms with E-state index >= 15 is 0 Å². The first-order valence-electron chi connectivity index (χ1n) is 7.51. The number of nitrogens with one attached hydrogen (secondary N) is 1. The number of alkyl halides is 3. The van der Waals surface area contributed by atoms with Crippen molar-refractivity contribution < 1.29 is 36.0 Å². The summed E-state index contributed by atoms with van der Waals surface area (Å²) in [6, 6.07) is 1.08. The number of nitro groups is 1. The summed E-state index contributed by atoms with van der Waals surface area (Å²) in [6.07, 6.45) is -3.97. The molecular weight excluding hydrogens is 411 g/mol. The van der Waals surface area contributed by atoms with Crippen molar-refractivity contribution in [2.75, 3.05) is 31.1 Å². The molecule has 0 unspecified atom stereocenters. The molecule has 0 spiro atoms. The molecular formula is C13H18F3N5O6S. The molecule has 1 heterocycles. The van der Waals surface area contributed by atoms with Crippen molar-refractivity contribution in [3.05, 3.63) is 39.8 Å². The van der Waals surface area contributed by atoms with E-state index in [2.05, 4.69) is 4.98 Å². The van der Waals surface area contributed by atoms with Gasteiger partial charge in [0.2, 0.25) is 21.7 Å². The van der Waals surface area contributed by atoms with Crippen LogP contribution in [-0.2, 0) is 20.9 Å². The second-order valence-electron chi connectivity index (χ2n) is 5.14. The maximum absolute atomic E-state index is 13.1. The first kappa shape index (κ1) is 23.4. The molecule has 0 radical (unpaired) electrons. The number of anilines is 1. The van der Waals surface area contributed by atoms with Crippen molar-refractivity contribution in [1.29, 1.82) is 0 Å². The fraction of sp³-hybridized carbons (Fsp3) is 0.462. The van der Waals surface area contributed by atoms with Gasteiger partial charge < -0.3 is 9.47 Å². The highest BCUT2D eigenvalue weighted by atomic mass is 32.2. The lowest BCUT2D eigenvalue weighted by atomic mass is 10.2. The molecule has 1 rings (SSSR count). The molecule has 1 aromatic rings. The van der Waals surface area contributed by atoms with Crippen molar-refractivity contribution in [2.24, 2.45) is 5.84 Å². The van der Waals surface area contributed by atoms with Crippen LogP contribution in [0.1, 0.15) is 12.5 Å².